The van der Waals surface area contributed by atoms with Crippen LogP contribution in [0.5, 0.6) is 0 Å². The molecule has 0 atom stereocenters. The summed E-state index contributed by atoms with van der Waals surface area (Å²) in [6.45, 7) is 0. The summed E-state index contributed by atoms with van der Waals surface area (Å²) in [5.74, 6) is 1.72. The first-order valence-electron chi connectivity index (χ1n) is 21.8. The number of rotatable bonds is 5. The van der Waals surface area contributed by atoms with Crippen molar-refractivity contribution in [2.45, 2.75) is 0 Å². The lowest BCUT2D eigenvalue weighted by atomic mass is 9.93. The highest BCUT2D eigenvalue weighted by Crippen LogP contribution is 2.47. The topological polar surface area (TPSA) is 56.7 Å². The fraction of sp³-hybridized carbons (Fsp3) is 0. The molecule has 0 spiro atoms. The van der Waals surface area contributed by atoms with Crippen molar-refractivity contribution < 1.29 is 4.42 Å². The molecule has 14 aromatic rings. The fourth-order valence-corrected chi connectivity index (χ4v) is 11.2. The van der Waals surface area contributed by atoms with Gasteiger partial charge in [-0.05, 0) is 93.3 Å². The van der Waals surface area contributed by atoms with E-state index >= 15 is 0 Å². The third-order valence-electron chi connectivity index (χ3n) is 13.0. The Hall–Kier alpha value is -8.45. The number of para-hydroxylation sites is 3. The molecule has 0 radical (unpaired) electrons. The van der Waals surface area contributed by atoms with Crippen LogP contribution in [-0.4, -0.2) is 19.5 Å². The van der Waals surface area contributed by atoms with E-state index in [4.69, 9.17) is 19.4 Å². The Balaban J connectivity index is 1.09. The highest BCUT2D eigenvalue weighted by Gasteiger charge is 2.23. The second-order valence-corrected chi connectivity index (χ2v) is 17.8. The van der Waals surface area contributed by atoms with Crippen LogP contribution in [0.3, 0.4) is 0 Å². The molecule has 0 bridgehead atoms. The lowest BCUT2D eigenvalue weighted by Gasteiger charge is -2.16. The van der Waals surface area contributed by atoms with Crippen molar-refractivity contribution in [3.63, 3.8) is 0 Å². The summed E-state index contributed by atoms with van der Waals surface area (Å²) in [5, 5.41) is 11.9. The van der Waals surface area contributed by atoms with E-state index in [-0.39, 0.29) is 0 Å². The number of hydrogen-bond acceptors (Lipinski definition) is 5. The highest BCUT2D eigenvalue weighted by molar-refractivity contribution is 7.26. The van der Waals surface area contributed by atoms with Crippen LogP contribution < -0.4 is 0 Å². The normalized spacial score (nSPS) is 12.0. The fourth-order valence-electron chi connectivity index (χ4n) is 10.1. The van der Waals surface area contributed by atoms with Gasteiger partial charge in [0.2, 0.25) is 0 Å². The summed E-state index contributed by atoms with van der Waals surface area (Å²) >= 11 is 1.84. The molecule has 0 saturated heterocycles. The second kappa shape index (κ2) is 14.0. The molecular formula is C59H34N4OS. The van der Waals surface area contributed by atoms with Crippen molar-refractivity contribution in [2.24, 2.45) is 0 Å². The zero-order valence-electron chi connectivity index (χ0n) is 34.7. The molecule has 0 saturated carbocycles. The van der Waals surface area contributed by atoms with Gasteiger partial charge in [0, 0.05) is 58.5 Å². The highest BCUT2D eigenvalue weighted by atomic mass is 32.1. The number of benzene rings is 10. The maximum absolute atomic E-state index is 6.59. The molecule has 302 valence electrons. The van der Waals surface area contributed by atoms with E-state index < -0.39 is 0 Å². The molecule has 5 nitrogen and oxygen atoms in total. The molecule has 0 aliphatic heterocycles. The number of fused-ring (bicyclic) bond motifs is 12. The maximum Gasteiger partial charge on any atom is 0.167 e. The maximum atomic E-state index is 6.59. The summed E-state index contributed by atoms with van der Waals surface area (Å²) < 4.78 is 11.5. The van der Waals surface area contributed by atoms with Gasteiger partial charge in [-0.1, -0.05) is 146 Å². The van der Waals surface area contributed by atoms with Gasteiger partial charge in [-0.15, -0.1) is 11.3 Å². The lowest BCUT2D eigenvalue weighted by Crippen LogP contribution is -2.02. The number of aromatic nitrogens is 4. The minimum absolute atomic E-state index is 0.549. The smallest absolute Gasteiger partial charge is 0.167 e. The Labute approximate surface area is 376 Å². The molecule has 0 aliphatic carbocycles. The van der Waals surface area contributed by atoms with Crippen LogP contribution in [0.2, 0.25) is 0 Å². The first kappa shape index (κ1) is 36.1. The van der Waals surface area contributed by atoms with Gasteiger partial charge in [-0.3, -0.25) is 0 Å². The van der Waals surface area contributed by atoms with E-state index in [0.29, 0.717) is 17.5 Å². The molecule has 6 heteroatoms. The lowest BCUT2D eigenvalue weighted by molar-refractivity contribution is 0.669. The average molecular weight is 847 g/mol. The standard InChI is InChI=1S/C59H34N4OS/c1-2-15-36(16-3-1)57-60-58(62-59(61-57)46-24-12-23-44-42-21-9-11-26-51(42)64-56(44)46)45-30-29-39(63-49-25-10-8-20-41(49)48-32-37-17-4-5-18-38(37)33-50(48)63)34-47(45)43-22-13-27-52-55(43)54-40-19-7-6-14-35(40)28-31-53(54)65-52/h1-34H. The van der Waals surface area contributed by atoms with E-state index in [2.05, 4.69) is 174 Å². The van der Waals surface area contributed by atoms with E-state index in [0.717, 1.165) is 66.5 Å². The summed E-state index contributed by atoms with van der Waals surface area (Å²) in [4.78, 5) is 16.0. The molecule has 14 rings (SSSR count). The van der Waals surface area contributed by atoms with Gasteiger partial charge in [0.15, 0.2) is 17.5 Å². The summed E-state index contributed by atoms with van der Waals surface area (Å²) in [5.41, 5.74) is 9.71. The predicted octanol–water partition coefficient (Wildman–Crippen LogP) is 16.2. The zero-order chi connectivity index (χ0) is 42.6. The number of furan rings is 1. The average Bonchev–Trinajstić information content (AvgIpc) is 4.05. The summed E-state index contributed by atoms with van der Waals surface area (Å²) in [6, 6.07) is 73.4. The van der Waals surface area contributed by atoms with Gasteiger partial charge in [0.25, 0.3) is 0 Å². The number of thiophene rings is 1. The van der Waals surface area contributed by atoms with Crippen LogP contribution in [0.25, 0.3) is 136 Å². The third-order valence-corrected chi connectivity index (χ3v) is 14.2. The predicted molar refractivity (Wildman–Crippen MR) is 271 cm³/mol. The van der Waals surface area contributed by atoms with Crippen LogP contribution >= 0.6 is 11.3 Å². The van der Waals surface area contributed by atoms with E-state index in [9.17, 15) is 0 Å². The van der Waals surface area contributed by atoms with E-state index in [1.807, 2.05) is 47.7 Å². The van der Waals surface area contributed by atoms with Crippen molar-refractivity contribution in [1.29, 1.82) is 0 Å². The molecule has 0 amide bonds. The van der Waals surface area contributed by atoms with Crippen molar-refractivity contribution >= 4 is 96.8 Å². The summed E-state index contributed by atoms with van der Waals surface area (Å²) in [7, 11) is 0. The first-order chi connectivity index (χ1) is 32.2. The van der Waals surface area contributed by atoms with Crippen molar-refractivity contribution in [1.82, 2.24) is 19.5 Å². The van der Waals surface area contributed by atoms with Crippen LogP contribution in [0.1, 0.15) is 0 Å². The Bertz CT molecular complexity index is 4260. The monoisotopic (exact) mass is 846 g/mol. The van der Waals surface area contributed by atoms with Crippen molar-refractivity contribution in [3.8, 4) is 51.0 Å². The second-order valence-electron chi connectivity index (χ2n) is 16.7. The Kier molecular flexibility index (Phi) is 7.79. The van der Waals surface area contributed by atoms with E-state index in [1.165, 1.54) is 52.5 Å². The molecular weight excluding hydrogens is 813 g/mol. The molecule has 4 heterocycles. The number of nitrogens with zero attached hydrogens (tertiary/aromatic N) is 4. The largest absolute Gasteiger partial charge is 0.455 e. The van der Waals surface area contributed by atoms with Gasteiger partial charge in [-0.2, -0.15) is 0 Å². The van der Waals surface area contributed by atoms with Crippen molar-refractivity contribution in [2.75, 3.05) is 0 Å². The molecule has 0 N–H and O–H groups in total. The SMILES string of the molecule is c1ccc(-c2nc(-c3ccc(-n4c5ccccc5c5cc6ccccc6cc54)cc3-c3cccc4sc5ccc6ccccc6c5c34)nc(-c3cccc4c3oc3ccccc34)n2)cc1. The minimum Gasteiger partial charge on any atom is -0.455 e. The molecule has 0 unspecified atom stereocenters. The number of hydrogen-bond donors (Lipinski definition) is 0. The first-order valence-corrected chi connectivity index (χ1v) is 22.7. The van der Waals surface area contributed by atoms with Crippen LogP contribution in [0, 0.1) is 0 Å². The molecule has 0 aliphatic rings. The molecule has 4 aromatic heterocycles. The van der Waals surface area contributed by atoms with Gasteiger partial charge >= 0.3 is 0 Å². The Morgan fingerprint density at radius 1 is 0.369 bits per heavy atom. The molecule has 65 heavy (non-hydrogen) atoms. The van der Waals surface area contributed by atoms with Crippen LogP contribution in [0.15, 0.2) is 211 Å². The summed E-state index contributed by atoms with van der Waals surface area (Å²) in [6.07, 6.45) is 0. The Morgan fingerprint density at radius 3 is 1.91 bits per heavy atom. The van der Waals surface area contributed by atoms with Crippen LogP contribution in [-0.2, 0) is 0 Å². The minimum atomic E-state index is 0.549. The van der Waals surface area contributed by atoms with Gasteiger partial charge in [-0.25, -0.2) is 15.0 Å². The Morgan fingerprint density at radius 2 is 1.03 bits per heavy atom. The van der Waals surface area contributed by atoms with E-state index in [1.54, 1.807) is 0 Å². The van der Waals surface area contributed by atoms with Gasteiger partial charge in [0.05, 0.1) is 16.6 Å². The van der Waals surface area contributed by atoms with Gasteiger partial charge in [0.1, 0.15) is 11.2 Å². The zero-order valence-corrected chi connectivity index (χ0v) is 35.6. The van der Waals surface area contributed by atoms with Gasteiger partial charge < -0.3 is 8.98 Å². The molecule has 10 aromatic carbocycles. The third kappa shape index (κ3) is 5.54. The molecule has 0 fully saturated rings. The van der Waals surface area contributed by atoms with Crippen molar-refractivity contribution in [3.05, 3.63) is 206 Å². The quantitative estimate of drug-likeness (QED) is 0.173. The van der Waals surface area contributed by atoms with Crippen LogP contribution in [0.4, 0.5) is 0 Å².